The number of aromatic nitrogens is 2. The molecule has 0 aliphatic carbocycles. The quantitative estimate of drug-likeness (QED) is 0.166. The van der Waals surface area contributed by atoms with Crippen molar-refractivity contribution in [2.45, 2.75) is 6.18 Å². The number of nitrogens with one attached hydrogen (secondary N) is 3. The Hall–Kier alpha value is -5.99. The maximum absolute atomic E-state index is 13.3. The number of alkyl halides is 3. The van der Waals surface area contributed by atoms with Crippen molar-refractivity contribution < 1.29 is 41.8 Å². The average Bonchev–Trinajstić information content (AvgIpc) is 2.94. The average molecular weight is 580 g/mol. The van der Waals surface area contributed by atoms with Gasteiger partial charge in [0.25, 0.3) is 5.91 Å². The van der Waals surface area contributed by atoms with Crippen LogP contribution in [-0.4, -0.2) is 34.0 Å². The molecule has 4 amide bonds. The number of benzene rings is 2. The van der Waals surface area contributed by atoms with Crippen molar-refractivity contribution in [3.63, 3.8) is 0 Å². The highest BCUT2D eigenvalue weighted by Crippen LogP contribution is 2.34. The second kappa shape index (κ2) is 12.5. The van der Waals surface area contributed by atoms with Gasteiger partial charge >= 0.3 is 24.3 Å². The fourth-order valence-corrected chi connectivity index (χ4v) is 3.39. The predicted octanol–water partition coefficient (Wildman–Crippen LogP) is 5.42. The summed E-state index contributed by atoms with van der Waals surface area (Å²) in [6, 6.07) is 12.9. The summed E-state index contributed by atoms with van der Waals surface area (Å²) in [5.41, 5.74) is 3.63. The Morgan fingerprint density at radius 2 is 1.48 bits per heavy atom. The van der Waals surface area contributed by atoms with Crippen molar-refractivity contribution in [1.29, 1.82) is 0 Å². The lowest BCUT2D eigenvalue weighted by Crippen LogP contribution is -2.22. The van der Waals surface area contributed by atoms with Gasteiger partial charge in [0.15, 0.2) is 5.69 Å². The third-order valence-corrected chi connectivity index (χ3v) is 5.27. The number of hydrogen-bond acceptors (Lipinski definition) is 8. The molecule has 0 unspecified atom stereocenters. The van der Waals surface area contributed by atoms with E-state index in [0.717, 1.165) is 12.1 Å². The minimum atomic E-state index is -4.70. The van der Waals surface area contributed by atoms with Crippen molar-refractivity contribution in [2.75, 3.05) is 16.0 Å². The molecule has 4 rings (SSSR count). The number of nitrogens with two attached hydrogens (primary N) is 1. The number of primary amides is 1. The van der Waals surface area contributed by atoms with Gasteiger partial charge in [0.2, 0.25) is 0 Å². The summed E-state index contributed by atoms with van der Waals surface area (Å²) in [6.07, 6.45) is -2.00. The van der Waals surface area contributed by atoms with Crippen LogP contribution in [0.4, 0.5) is 39.8 Å². The fourth-order valence-electron chi connectivity index (χ4n) is 3.39. The Bertz CT molecular complexity index is 1630. The first-order chi connectivity index (χ1) is 20.0. The number of nitrogens with zero attached hydrogens (tertiary/aromatic N) is 2. The van der Waals surface area contributed by atoms with Gasteiger partial charge in [-0.25, -0.2) is 19.4 Å². The Balaban J connectivity index is 1.44. The summed E-state index contributed by atoms with van der Waals surface area (Å²) in [5.74, 6) is -1.24. The molecule has 42 heavy (non-hydrogen) atoms. The number of carbonyl (C=O) groups excluding carboxylic acids is 4. The summed E-state index contributed by atoms with van der Waals surface area (Å²) >= 11 is 0. The van der Waals surface area contributed by atoms with E-state index in [9.17, 15) is 32.3 Å². The number of anilines is 3. The van der Waals surface area contributed by atoms with Crippen LogP contribution in [0.15, 0.2) is 85.3 Å². The Labute approximate surface area is 234 Å². The van der Waals surface area contributed by atoms with Gasteiger partial charge < -0.3 is 31.2 Å². The molecule has 0 saturated heterocycles. The molecule has 0 aliphatic heterocycles. The lowest BCUT2D eigenvalue weighted by molar-refractivity contribution is -0.137. The second-order valence-electron chi connectivity index (χ2n) is 8.24. The number of amides is 4. The number of urea groups is 1. The Morgan fingerprint density at radius 1 is 0.762 bits per heavy atom. The van der Waals surface area contributed by atoms with E-state index < -0.39 is 35.7 Å². The summed E-state index contributed by atoms with van der Waals surface area (Å²) in [6.45, 7) is 0. The molecular weight excluding hydrogens is 561 g/mol. The molecule has 0 atom stereocenters. The maximum atomic E-state index is 13.3. The van der Waals surface area contributed by atoms with Crippen LogP contribution in [0.2, 0.25) is 0 Å². The fraction of sp³-hybridized carbons (Fsp3) is 0.0370. The van der Waals surface area contributed by atoms with E-state index in [1.807, 2.05) is 0 Å². The van der Waals surface area contributed by atoms with Crippen LogP contribution in [0.25, 0.3) is 0 Å². The van der Waals surface area contributed by atoms with Crippen LogP contribution < -0.4 is 26.4 Å². The molecule has 2 heterocycles. The van der Waals surface area contributed by atoms with Gasteiger partial charge in [0.1, 0.15) is 11.5 Å². The molecule has 214 valence electrons. The molecular formula is C27H19F3N6O6. The van der Waals surface area contributed by atoms with Crippen LogP contribution >= 0.6 is 0 Å². The van der Waals surface area contributed by atoms with E-state index in [2.05, 4.69) is 30.7 Å². The van der Waals surface area contributed by atoms with E-state index >= 15 is 0 Å². The molecule has 0 saturated carbocycles. The molecule has 2 aromatic heterocycles. The smallest absolute Gasteiger partial charge is 0.416 e. The van der Waals surface area contributed by atoms with E-state index in [0.29, 0.717) is 6.07 Å². The topological polar surface area (TPSA) is 175 Å². The SMILES string of the molecule is NC(=O)OC(=O)c1cc(Oc2ccc(NC(=O)Nc3cc(C(F)(F)F)ccc3NC(=O)c3ccncc3)cc2)ccn1. The maximum Gasteiger partial charge on any atom is 0.416 e. The highest BCUT2D eigenvalue weighted by Gasteiger charge is 2.31. The van der Waals surface area contributed by atoms with E-state index in [-0.39, 0.29) is 39.8 Å². The minimum Gasteiger partial charge on any atom is -0.457 e. The molecule has 15 heteroatoms. The normalized spacial score (nSPS) is 10.7. The van der Waals surface area contributed by atoms with Crippen molar-refractivity contribution in [2.24, 2.45) is 5.73 Å². The zero-order valence-electron chi connectivity index (χ0n) is 21.1. The van der Waals surface area contributed by atoms with Crippen LogP contribution in [0, 0.1) is 0 Å². The Kier molecular flexibility index (Phi) is 8.60. The minimum absolute atomic E-state index is 0.0693. The third kappa shape index (κ3) is 7.78. The number of halogens is 3. The van der Waals surface area contributed by atoms with Crippen molar-refractivity contribution in [3.05, 3.63) is 102 Å². The van der Waals surface area contributed by atoms with Crippen LogP contribution in [0.3, 0.4) is 0 Å². The monoisotopic (exact) mass is 580 g/mol. The zero-order chi connectivity index (χ0) is 30.3. The van der Waals surface area contributed by atoms with Gasteiger partial charge in [0.05, 0.1) is 16.9 Å². The van der Waals surface area contributed by atoms with E-state index in [1.165, 1.54) is 67.1 Å². The lowest BCUT2D eigenvalue weighted by Gasteiger charge is -2.16. The van der Waals surface area contributed by atoms with E-state index in [1.54, 1.807) is 0 Å². The van der Waals surface area contributed by atoms with Gasteiger partial charge in [0, 0.05) is 35.9 Å². The summed E-state index contributed by atoms with van der Waals surface area (Å²) < 4.78 is 49.9. The van der Waals surface area contributed by atoms with E-state index in [4.69, 9.17) is 10.5 Å². The Morgan fingerprint density at radius 3 is 2.14 bits per heavy atom. The molecule has 0 fully saturated rings. The molecule has 12 nitrogen and oxygen atoms in total. The van der Waals surface area contributed by atoms with Crippen molar-refractivity contribution in [3.8, 4) is 11.5 Å². The number of hydrogen-bond donors (Lipinski definition) is 4. The lowest BCUT2D eigenvalue weighted by atomic mass is 10.1. The molecule has 0 radical (unpaired) electrons. The first kappa shape index (κ1) is 29.0. The van der Waals surface area contributed by atoms with Gasteiger partial charge in [-0.15, -0.1) is 0 Å². The summed E-state index contributed by atoms with van der Waals surface area (Å²) in [4.78, 5) is 55.3. The van der Waals surface area contributed by atoms with Crippen molar-refractivity contribution >= 4 is 41.1 Å². The van der Waals surface area contributed by atoms with Crippen LogP contribution in [0.1, 0.15) is 26.4 Å². The van der Waals surface area contributed by atoms with Crippen molar-refractivity contribution in [1.82, 2.24) is 9.97 Å². The summed E-state index contributed by atoms with van der Waals surface area (Å²) in [7, 11) is 0. The van der Waals surface area contributed by atoms with Gasteiger partial charge in [-0.1, -0.05) is 0 Å². The van der Waals surface area contributed by atoms with Gasteiger partial charge in [-0.05, 0) is 60.7 Å². The molecule has 4 aromatic rings. The highest BCUT2D eigenvalue weighted by atomic mass is 19.4. The largest absolute Gasteiger partial charge is 0.457 e. The molecule has 5 N–H and O–H groups in total. The zero-order valence-corrected chi connectivity index (χ0v) is 21.1. The first-order valence-corrected chi connectivity index (χ1v) is 11.7. The predicted molar refractivity (Wildman–Crippen MR) is 142 cm³/mol. The second-order valence-corrected chi connectivity index (χ2v) is 8.24. The molecule has 0 aliphatic rings. The summed E-state index contributed by atoms with van der Waals surface area (Å²) in [5, 5.41) is 7.27. The number of rotatable bonds is 7. The van der Waals surface area contributed by atoms with Crippen LogP contribution in [-0.2, 0) is 10.9 Å². The number of carbonyl (C=O) groups is 4. The third-order valence-electron chi connectivity index (χ3n) is 5.27. The molecule has 0 spiro atoms. The number of pyridine rings is 2. The molecule has 0 bridgehead atoms. The number of esters is 1. The highest BCUT2D eigenvalue weighted by molar-refractivity contribution is 6.08. The molecule has 2 aromatic carbocycles. The van der Waals surface area contributed by atoms with Crippen LogP contribution in [0.5, 0.6) is 11.5 Å². The standard InChI is InChI=1S/C27H19F3N6O6/c28-27(29,30)16-1-6-20(35-23(37)15-7-10-32-11-8-15)21(13-16)36-26(40)34-17-2-4-18(5-3-17)41-19-9-12-33-22(14-19)24(38)42-25(31)39/h1-14H,(H2,31,39)(H,35,37)(H2,34,36,40). The van der Waals surface area contributed by atoms with Gasteiger partial charge in [-0.3, -0.25) is 9.78 Å². The van der Waals surface area contributed by atoms with Gasteiger partial charge in [-0.2, -0.15) is 13.2 Å². The first-order valence-electron chi connectivity index (χ1n) is 11.7. The number of ether oxygens (including phenoxy) is 2.